The maximum atomic E-state index is 12.5. The van der Waals surface area contributed by atoms with Gasteiger partial charge in [0.05, 0.1) is 11.4 Å². The minimum Gasteiger partial charge on any atom is -0.329 e. The molecule has 0 radical (unpaired) electrons. The lowest BCUT2D eigenvalue weighted by Gasteiger charge is -2.28. The lowest BCUT2D eigenvalue weighted by atomic mass is 9.99. The summed E-state index contributed by atoms with van der Waals surface area (Å²) in [7, 11) is 0. The van der Waals surface area contributed by atoms with E-state index in [4.69, 9.17) is 0 Å². The van der Waals surface area contributed by atoms with E-state index in [1.54, 1.807) is 4.90 Å². The first-order valence-electron chi connectivity index (χ1n) is 8.33. The molecule has 0 unspecified atom stereocenters. The van der Waals surface area contributed by atoms with Crippen LogP contribution in [0, 0.1) is 0 Å². The van der Waals surface area contributed by atoms with Crippen LogP contribution in [0.25, 0.3) is 0 Å². The Balaban J connectivity index is 1.44. The Morgan fingerprint density at radius 2 is 2.00 bits per heavy atom. The maximum absolute atomic E-state index is 12.5. The molecule has 0 fully saturated rings. The van der Waals surface area contributed by atoms with E-state index in [0.717, 1.165) is 49.1 Å². The molecule has 4 rings (SSSR count). The molecule has 2 aliphatic rings. The van der Waals surface area contributed by atoms with Crippen LogP contribution in [0.4, 0.5) is 0 Å². The molecule has 2 amide bonds. The fourth-order valence-corrected chi connectivity index (χ4v) is 3.40. The summed E-state index contributed by atoms with van der Waals surface area (Å²) in [6.45, 7) is 0.584. The first kappa shape index (κ1) is 14.9. The van der Waals surface area contributed by atoms with Gasteiger partial charge in [0, 0.05) is 12.1 Å². The number of amides is 2. The van der Waals surface area contributed by atoms with Crippen LogP contribution in [0.1, 0.15) is 40.2 Å². The van der Waals surface area contributed by atoms with Crippen LogP contribution in [0.3, 0.4) is 0 Å². The number of aromatic nitrogens is 3. The van der Waals surface area contributed by atoms with E-state index >= 15 is 0 Å². The second kappa shape index (κ2) is 6.07. The molecule has 0 bridgehead atoms. The Kier molecular flexibility index (Phi) is 3.76. The SMILES string of the molecule is O=C(CN1CCc2ccccc2C1=O)Nn1nnc2c1CCCC2. The van der Waals surface area contributed by atoms with Crippen molar-refractivity contribution < 1.29 is 9.59 Å². The van der Waals surface area contributed by atoms with E-state index in [-0.39, 0.29) is 18.4 Å². The van der Waals surface area contributed by atoms with E-state index in [0.29, 0.717) is 12.1 Å². The van der Waals surface area contributed by atoms with Crippen molar-refractivity contribution in [1.82, 2.24) is 20.0 Å². The van der Waals surface area contributed by atoms with E-state index < -0.39 is 0 Å². The predicted molar refractivity (Wildman–Crippen MR) is 87.1 cm³/mol. The standard InChI is InChI=1S/C17H19N5O2/c23-16(19-22-15-8-4-3-7-14(15)18-20-22)11-21-10-9-12-5-1-2-6-13(12)17(21)24/h1-2,5-6H,3-4,7-11H2,(H,19,23). The van der Waals surface area contributed by atoms with Gasteiger partial charge in [-0.2, -0.15) is 4.79 Å². The second-order valence-electron chi connectivity index (χ2n) is 6.27. The van der Waals surface area contributed by atoms with E-state index in [2.05, 4.69) is 15.7 Å². The molecule has 1 aliphatic heterocycles. The van der Waals surface area contributed by atoms with Crippen LogP contribution < -0.4 is 5.43 Å². The monoisotopic (exact) mass is 325 g/mol. The van der Waals surface area contributed by atoms with Crippen LogP contribution >= 0.6 is 0 Å². The highest BCUT2D eigenvalue weighted by molar-refractivity contribution is 5.99. The van der Waals surface area contributed by atoms with Gasteiger partial charge in [0.2, 0.25) is 0 Å². The molecule has 7 heteroatoms. The number of carbonyl (C=O) groups excluding carboxylic acids is 2. The minimum atomic E-state index is -0.249. The molecule has 0 atom stereocenters. The summed E-state index contributed by atoms with van der Waals surface area (Å²) in [6.07, 6.45) is 4.75. The smallest absolute Gasteiger partial charge is 0.259 e. The summed E-state index contributed by atoms with van der Waals surface area (Å²) in [5.41, 5.74) is 6.43. The molecule has 0 saturated heterocycles. The second-order valence-corrected chi connectivity index (χ2v) is 6.27. The number of aryl methyl sites for hydroxylation is 1. The quantitative estimate of drug-likeness (QED) is 0.910. The van der Waals surface area contributed by atoms with E-state index in [1.165, 1.54) is 4.79 Å². The summed E-state index contributed by atoms with van der Waals surface area (Å²) in [5, 5.41) is 8.14. The molecule has 0 saturated carbocycles. The predicted octanol–water partition coefficient (Wildman–Crippen LogP) is 0.925. The number of nitrogens with zero attached hydrogens (tertiary/aromatic N) is 4. The Morgan fingerprint density at radius 1 is 1.17 bits per heavy atom. The lowest BCUT2D eigenvalue weighted by Crippen LogP contribution is -2.44. The number of benzene rings is 1. The number of hydrogen-bond acceptors (Lipinski definition) is 4. The van der Waals surface area contributed by atoms with Gasteiger partial charge in [-0.3, -0.25) is 9.59 Å². The van der Waals surface area contributed by atoms with Gasteiger partial charge in [0.1, 0.15) is 6.54 Å². The molecule has 2 heterocycles. The van der Waals surface area contributed by atoms with Gasteiger partial charge in [-0.1, -0.05) is 18.2 Å². The first-order chi connectivity index (χ1) is 11.7. The normalized spacial score (nSPS) is 16.5. The topological polar surface area (TPSA) is 80.1 Å². The van der Waals surface area contributed by atoms with E-state index in [9.17, 15) is 9.59 Å². The fourth-order valence-electron chi connectivity index (χ4n) is 3.40. The molecule has 7 nitrogen and oxygen atoms in total. The third-order valence-corrected chi connectivity index (χ3v) is 4.67. The Morgan fingerprint density at radius 3 is 2.92 bits per heavy atom. The Bertz CT molecular complexity index is 798. The molecular weight excluding hydrogens is 306 g/mol. The summed E-state index contributed by atoms with van der Waals surface area (Å²) in [5.74, 6) is -0.339. The van der Waals surface area contributed by atoms with E-state index in [1.807, 2.05) is 24.3 Å². The largest absolute Gasteiger partial charge is 0.329 e. The van der Waals surface area contributed by atoms with Gasteiger partial charge in [-0.05, 0) is 48.9 Å². The van der Waals surface area contributed by atoms with Crippen molar-refractivity contribution in [2.75, 3.05) is 18.5 Å². The lowest BCUT2D eigenvalue weighted by molar-refractivity contribution is -0.118. The zero-order chi connectivity index (χ0) is 16.5. The highest BCUT2D eigenvalue weighted by Gasteiger charge is 2.26. The highest BCUT2D eigenvalue weighted by Crippen LogP contribution is 2.19. The molecule has 1 aromatic carbocycles. The Labute approximate surface area is 139 Å². The van der Waals surface area contributed by atoms with Gasteiger partial charge in [-0.25, -0.2) is 5.43 Å². The Hall–Kier alpha value is -2.70. The van der Waals surface area contributed by atoms with Crippen LogP contribution in [0.15, 0.2) is 24.3 Å². The molecule has 1 N–H and O–H groups in total. The van der Waals surface area contributed by atoms with Crippen LogP contribution in [-0.4, -0.2) is 44.9 Å². The van der Waals surface area contributed by atoms with Crippen molar-refractivity contribution in [3.63, 3.8) is 0 Å². The average molecular weight is 325 g/mol. The number of nitrogens with one attached hydrogen (secondary N) is 1. The molecule has 1 aromatic heterocycles. The summed E-state index contributed by atoms with van der Waals surface area (Å²) >= 11 is 0. The van der Waals surface area contributed by atoms with Crippen LogP contribution in [-0.2, 0) is 24.1 Å². The van der Waals surface area contributed by atoms with Crippen molar-refractivity contribution in [1.29, 1.82) is 0 Å². The van der Waals surface area contributed by atoms with Crippen LogP contribution in [0.2, 0.25) is 0 Å². The number of carbonyl (C=O) groups is 2. The van der Waals surface area contributed by atoms with Gasteiger partial charge in [0.15, 0.2) is 0 Å². The van der Waals surface area contributed by atoms with Gasteiger partial charge < -0.3 is 4.90 Å². The first-order valence-corrected chi connectivity index (χ1v) is 8.33. The third-order valence-electron chi connectivity index (χ3n) is 4.67. The third kappa shape index (κ3) is 2.66. The summed E-state index contributed by atoms with van der Waals surface area (Å²) in [4.78, 5) is 27.9. The van der Waals surface area contributed by atoms with Crippen molar-refractivity contribution in [3.05, 3.63) is 46.8 Å². The van der Waals surface area contributed by atoms with Gasteiger partial charge in [-0.15, -0.1) is 5.10 Å². The molecule has 2 aromatic rings. The van der Waals surface area contributed by atoms with Gasteiger partial charge >= 0.3 is 0 Å². The number of fused-ring (bicyclic) bond motifs is 2. The van der Waals surface area contributed by atoms with Crippen LogP contribution in [0.5, 0.6) is 0 Å². The van der Waals surface area contributed by atoms with Crippen molar-refractivity contribution in [2.45, 2.75) is 32.1 Å². The molecule has 24 heavy (non-hydrogen) atoms. The van der Waals surface area contributed by atoms with Crippen molar-refractivity contribution in [2.24, 2.45) is 0 Å². The number of rotatable bonds is 3. The summed E-state index contributed by atoms with van der Waals surface area (Å²) in [6, 6.07) is 7.56. The van der Waals surface area contributed by atoms with Crippen molar-refractivity contribution >= 4 is 11.8 Å². The zero-order valence-corrected chi connectivity index (χ0v) is 13.4. The average Bonchev–Trinajstić information content (AvgIpc) is 3.01. The molecule has 124 valence electrons. The van der Waals surface area contributed by atoms with Crippen molar-refractivity contribution in [3.8, 4) is 0 Å². The number of hydrogen-bond donors (Lipinski definition) is 1. The highest BCUT2D eigenvalue weighted by atomic mass is 16.2. The molecule has 0 spiro atoms. The maximum Gasteiger partial charge on any atom is 0.259 e. The zero-order valence-electron chi connectivity index (χ0n) is 13.4. The summed E-state index contributed by atoms with van der Waals surface area (Å²) < 4.78 is 0. The fraction of sp³-hybridized carbons (Fsp3) is 0.412. The molecule has 1 aliphatic carbocycles. The van der Waals surface area contributed by atoms with Gasteiger partial charge in [0.25, 0.3) is 11.8 Å². The minimum absolute atomic E-state index is 0.0296. The molecular formula is C17H19N5O2.